The van der Waals surface area contributed by atoms with Crippen molar-refractivity contribution in [2.24, 2.45) is 0 Å². The van der Waals surface area contributed by atoms with Gasteiger partial charge in [-0.3, -0.25) is 4.79 Å². The number of thiophene rings is 1. The number of benzene rings is 1. The van der Waals surface area contributed by atoms with Crippen LogP contribution in [0.25, 0.3) is 10.2 Å². The van der Waals surface area contributed by atoms with E-state index in [1.54, 1.807) is 45.0 Å². The number of nitrogens with one attached hydrogen (secondary N) is 1. The number of aromatic amines is 1. The smallest absolute Gasteiger partial charge is 0.348 e. The van der Waals surface area contributed by atoms with Gasteiger partial charge in [0.2, 0.25) is 0 Å². The van der Waals surface area contributed by atoms with E-state index in [9.17, 15) is 14.4 Å². The Labute approximate surface area is 170 Å². The van der Waals surface area contributed by atoms with E-state index in [1.807, 2.05) is 6.07 Å². The molecule has 9 heteroatoms. The molecule has 152 valence electrons. The molecule has 0 aliphatic carbocycles. The van der Waals surface area contributed by atoms with Crippen LogP contribution in [0.1, 0.15) is 41.0 Å². The molecule has 29 heavy (non-hydrogen) atoms. The Balaban J connectivity index is 1.76. The fourth-order valence-corrected chi connectivity index (χ4v) is 3.77. The second kappa shape index (κ2) is 8.87. The number of nitrogens with zero attached hydrogens (tertiary/aromatic N) is 1. The molecule has 1 aromatic carbocycles. The lowest BCUT2D eigenvalue weighted by atomic mass is 10.2. The largest absolute Gasteiger partial charge is 0.482 e. The number of hydrogen-bond acceptors (Lipinski definition) is 8. The molecule has 1 atom stereocenters. The van der Waals surface area contributed by atoms with Crippen molar-refractivity contribution in [3.05, 3.63) is 57.0 Å². The fraction of sp³-hybridized carbons (Fsp3) is 0.300. The van der Waals surface area contributed by atoms with Crippen LogP contribution in [-0.4, -0.2) is 35.1 Å². The van der Waals surface area contributed by atoms with Crippen molar-refractivity contribution >= 4 is 33.5 Å². The summed E-state index contributed by atoms with van der Waals surface area (Å²) in [4.78, 5) is 44.3. The van der Waals surface area contributed by atoms with Crippen molar-refractivity contribution < 1.29 is 23.8 Å². The number of esters is 2. The van der Waals surface area contributed by atoms with Gasteiger partial charge in [0, 0.05) is 0 Å². The lowest BCUT2D eigenvalue weighted by Crippen LogP contribution is -2.20. The number of aromatic nitrogens is 2. The third-order valence-electron chi connectivity index (χ3n) is 4.07. The second-order valence-electron chi connectivity index (χ2n) is 6.14. The Hall–Kier alpha value is -3.20. The van der Waals surface area contributed by atoms with Gasteiger partial charge in [-0.2, -0.15) is 0 Å². The number of aryl methyl sites for hydroxylation is 1. The molecule has 0 unspecified atom stereocenters. The number of carbonyl (C=O) groups is 2. The van der Waals surface area contributed by atoms with Crippen LogP contribution in [0.15, 0.2) is 35.1 Å². The average molecular weight is 416 g/mol. The molecule has 0 aliphatic rings. The predicted molar refractivity (Wildman–Crippen MR) is 107 cm³/mol. The molecule has 0 aliphatic heterocycles. The maximum Gasteiger partial charge on any atom is 0.348 e. The summed E-state index contributed by atoms with van der Waals surface area (Å²) in [6.07, 6.45) is -0.799. The molecule has 0 saturated carbocycles. The van der Waals surface area contributed by atoms with Gasteiger partial charge in [0.15, 0.2) is 18.5 Å². The summed E-state index contributed by atoms with van der Waals surface area (Å²) in [6, 6.07) is 8.88. The molecule has 0 fully saturated rings. The number of H-pyrrole nitrogens is 1. The minimum atomic E-state index is -0.799. The zero-order valence-corrected chi connectivity index (χ0v) is 17.0. The molecule has 2 aromatic heterocycles. The number of carbonyl (C=O) groups excluding carboxylic acids is 2. The molecule has 0 amide bonds. The monoisotopic (exact) mass is 416 g/mol. The highest BCUT2D eigenvalue weighted by atomic mass is 32.1. The van der Waals surface area contributed by atoms with Crippen molar-refractivity contribution in [2.75, 3.05) is 13.2 Å². The van der Waals surface area contributed by atoms with Gasteiger partial charge in [-0.1, -0.05) is 18.2 Å². The summed E-state index contributed by atoms with van der Waals surface area (Å²) in [6.45, 7) is 4.94. The van der Waals surface area contributed by atoms with Crippen molar-refractivity contribution in [2.45, 2.75) is 26.9 Å². The first-order chi connectivity index (χ1) is 13.9. The second-order valence-corrected chi connectivity index (χ2v) is 7.14. The maximum absolute atomic E-state index is 12.5. The highest BCUT2D eigenvalue weighted by molar-refractivity contribution is 7.20. The van der Waals surface area contributed by atoms with Gasteiger partial charge >= 0.3 is 11.9 Å². The third kappa shape index (κ3) is 4.62. The van der Waals surface area contributed by atoms with Gasteiger partial charge in [-0.15, -0.1) is 11.3 Å². The summed E-state index contributed by atoms with van der Waals surface area (Å²) in [7, 11) is 0. The van der Waals surface area contributed by atoms with Gasteiger partial charge in [-0.05, 0) is 38.5 Å². The first-order valence-electron chi connectivity index (χ1n) is 8.98. The lowest BCUT2D eigenvalue weighted by Gasteiger charge is -2.13. The molecule has 0 spiro atoms. The number of para-hydroxylation sites is 1. The minimum Gasteiger partial charge on any atom is -0.482 e. The van der Waals surface area contributed by atoms with Crippen LogP contribution in [0.2, 0.25) is 0 Å². The van der Waals surface area contributed by atoms with E-state index in [-0.39, 0.29) is 19.0 Å². The zero-order chi connectivity index (χ0) is 21.0. The standard InChI is InChI=1S/C20H20N2O6S/c1-4-26-20(25)16-11(2)15-18(24)21-17(22-19(15)29-16)12(3)28-14(23)10-27-13-8-6-5-7-9-13/h5-9,12H,4,10H2,1-3H3,(H,21,22,24)/t12-/m0/s1. The van der Waals surface area contributed by atoms with E-state index in [0.29, 0.717) is 26.4 Å². The van der Waals surface area contributed by atoms with Gasteiger partial charge in [-0.25, -0.2) is 14.6 Å². The highest BCUT2D eigenvalue weighted by Crippen LogP contribution is 2.28. The van der Waals surface area contributed by atoms with E-state index in [0.717, 1.165) is 11.3 Å². The molecule has 8 nitrogen and oxygen atoms in total. The molecule has 3 aromatic rings. The van der Waals surface area contributed by atoms with E-state index in [4.69, 9.17) is 14.2 Å². The zero-order valence-electron chi connectivity index (χ0n) is 16.2. The number of hydrogen-bond donors (Lipinski definition) is 1. The number of fused-ring (bicyclic) bond motifs is 1. The topological polar surface area (TPSA) is 108 Å². The van der Waals surface area contributed by atoms with Gasteiger partial charge < -0.3 is 19.2 Å². The molecular formula is C20H20N2O6S. The van der Waals surface area contributed by atoms with Crippen LogP contribution in [0.3, 0.4) is 0 Å². The molecule has 1 N–H and O–H groups in total. The van der Waals surface area contributed by atoms with Crippen LogP contribution in [0.5, 0.6) is 5.75 Å². The van der Waals surface area contributed by atoms with Gasteiger partial charge in [0.1, 0.15) is 15.5 Å². The Kier molecular flexibility index (Phi) is 6.28. The van der Waals surface area contributed by atoms with E-state index in [2.05, 4.69) is 9.97 Å². The third-order valence-corrected chi connectivity index (χ3v) is 5.24. The Bertz CT molecular complexity index is 1090. The van der Waals surface area contributed by atoms with E-state index >= 15 is 0 Å². The molecule has 2 heterocycles. The normalized spacial score (nSPS) is 11.8. The predicted octanol–water partition coefficient (Wildman–Crippen LogP) is 3.15. The van der Waals surface area contributed by atoms with Gasteiger partial charge in [0.05, 0.1) is 12.0 Å². The molecular weight excluding hydrogens is 396 g/mol. The maximum atomic E-state index is 12.5. The van der Waals surface area contributed by atoms with Crippen molar-refractivity contribution in [3.63, 3.8) is 0 Å². The first kappa shape index (κ1) is 20.5. The summed E-state index contributed by atoms with van der Waals surface area (Å²) in [5.74, 6) is -0.358. The molecule has 3 rings (SSSR count). The van der Waals surface area contributed by atoms with Crippen molar-refractivity contribution in [3.8, 4) is 5.75 Å². The molecule has 0 radical (unpaired) electrons. The summed E-state index contributed by atoms with van der Waals surface area (Å²) in [5, 5.41) is 0.327. The van der Waals surface area contributed by atoms with E-state index in [1.165, 1.54) is 0 Å². The SMILES string of the molecule is CCOC(=O)c1sc2nc([C@H](C)OC(=O)COc3ccccc3)[nH]c(=O)c2c1C. The number of rotatable bonds is 7. The Morgan fingerprint density at radius 1 is 1.24 bits per heavy atom. The van der Waals surface area contributed by atoms with Crippen LogP contribution < -0.4 is 10.3 Å². The van der Waals surface area contributed by atoms with E-state index < -0.39 is 23.6 Å². The van der Waals surface area contributed by atoms with Gasteiger partial charge in [0.25, 0.3) is 5.56 Å². The molecule has 0 saturated heterocycles. The first-order valence-corrected chi connectivity index (χ1v) is 9.80. The Morgan fingerprint density at radius 2 is 1.97 bits per heavy atom. The van der Waals surface area contributed by atoms with Crippen LogP contribution >= 0.6 is 11.3 Å². The summed E-state index contributed by atoms with van der Waals surface area (Å²) < 4.78 is 15.7. The summed E-state index contributed by atoms with van der Waals surface area (Å²) in [5.41, 5.74) is 0.113. The van der Waals surface area contributed by atoms with Crippen molar-refractivity contribution in [1.82, 2.24) is 9.97 Å². The quantitative estimate of drug-likeness (QED) is 0.590. The lowest BCUT2D eigenvalue weighted by molar-refractivity contribution is -0.151. The minimum absolute atomic E-state index is 0.187. The summed E-state index contributed by atoms with van der Waals surface area (Å²) >= 11 is 1.07. The van der Waals surface area contributed by atoms with Crippen molar-refractivity contribution in [1.29, 1.82) is 0 Å². The fourth-order valence-electron chi connectivity index (χ4n) is 2.69. The number of ether oxygens (including phenoxy) is 3. The van der Waals surface area contributed by atoms with Crippen LogP contribution in [0.4, 0.5) is 0 Å². The average Bonchev–Trinajstić information content (AvgIpc) is 3.04. The van der Waals surface area contributed by atoms with Crippen LogP contribution in [-0.2, 0) is 14.3 Å². The molecule has 0 bridgehead atoms. The van der Waals surface area contributed by atoms with Crippen LogP contribution in [0, 0.1) is 6.92 Å². The Morgan fingerprint density at radius 3 is 2.66 bits per heavy atom. The highest BCUT2D eigenvalue weighted by Gasteiger charge is 2.22.